The predicted molar refractivity (Wildman–Crippen MR) is 78.7 cm³/mol. The molecule has 4 heteroatoms. The van der Waals surface area contributed by atoms with E-state index in [1.807, 2.05) is 6.08 Å². The van der Waals surface area contributed by atoms with Gasteiger partial charge in [0.25, 0.3) is 0 Å². The lowest BCUT2D eigenvalue weighted by Gasteiger charge is -2.53. The average Bonchev–Trinajstić information content (AvgIpc) is 2.59. The second-order valence-electron chi connectivity index (χ2n) is 7.78. The van der Waals surface area contributed by atoms with Gasteiger partial charge in [0.1, 0.15) is 6.61 Å². The third kappa shape index (κ3) is 2.15. The highest BCUT2D eigenvalue weighted by molar-refractivity contribution is 5.66. The fourth-order valence-corrected chi connectivity index (χ4v) is 4.76. The highest BCUT2D eigenvalue weighted by Crippen LogP contribution is 2.64. The fourth-order valence-electron chi connectivity index (χ4n) is 4.76. The minimum Gasteiger partial charge on any atom is -0.461 e. The van der Waals surface area contributed by atoms with E-state index in [4.69, 9.17) is 9.47 Å². The van der Waals surface area contributed by atoms with E-state index < -0.39 is 6.10 Å². The molecule has 1 unspecified atom stereocenters. The average molecular weight is 294 g/mol. The zero-order chi connectivity index (χ0) is 15.5. The maximum atomic E-state index is 11.2. The lowest BCUT2D eigenvalue weighted by molar-refractivity contribution is -0.152. The van der Waals surface area contributed by atoms with E-state index >= 15 is 0 Å². The number of fused-ring (bicyclic) bond motifs is 1. The number of hydrogen-bond acceptors (Lipinski definition) is 4. The first-order chi connectivity index (χ1) is 9.68. The molecule has 1 N–H and O–H groups in total. The molecular weight excluding hydrogens is 268 g/mol. The number of hydrogen-bond donors (Lipinski definition) is 1. The van der Waals surface area contributed by atoms with Crippen LogP contribution in [0.4, 0.5) is 0 Å². The van der Waals surface area contributed by atoms with Crippen LogP contribution in [0.25, 0.3) is 0 Å². The van der Waals surface area contributed by atoms with E-state index in [-0.39, 0.29) is 29.2 Å². The molecule has 3 aliphatic rings. The molecule has 3 rings (SSSR count). The number of ether oxygens (including phenoxy) is 2. The van der Waals surface area contributed by atoms with Crippen molar-refractivity contribution in [3.8, 4) is 0 Å². The summed E-state index contributed by atoms with van der Waals surface area (Å²) in [6.45, 7) is 8.18. The third-order valence-corrected chi connectivity index (χ3v) is 5.98. The van der Waals surface area contributed by atoms with E-state index in [9.17, 15) is 9.90 Å². The van der Waals surface area contributed by atoms with Gasteiger partial charge in [-0.25, -0.2) is 0 Å². The van der Waals surface area contributed by atoms with Crippen molar-refractivity contribution in [3.05, 3.63) is 11.6 Å². The molecule has 4 nitrogen and oxygen atoms in total. The van der Waals surface area contributed by atoms with Crippen LogP contribution in [0.1, 0.15) is 53.4 Å². The lowest BCUT2D eigenvalue weighted by Crippen LogP contribution is -2.54. The lowest BCUT2D eigenvalue weighted by atomic mass is 9.55. The van der Waals surface area contributed by atoms with Crippen molar-refractivity contribution >= 4 is 5.97 Å². The summed E-state index contributed by atoms with van der Waals surface area (Å²) in [6.07, 6.45) is 5.26. The molecule has 0 aromatic heterocycles. The van der Waals surface area contributed by atoms with Crippen LogP contribution in [0, 0.1) is 11.3 Å². The number of esters is 1. The normalized spacial score (nSPS) is 44.0. The van der Waals surface area contributed by atoms with Crippen molar-refractivity contribution in [3.63, 3.8) is 0 Å². The first-order valence-electron chi connectivity index (χ1n) is 7.91. The summed E-state index contributed by atoms with van der Waals surface area (Å²) in [6, 6.07) is 0. The molecule has 0 amide bonds. The fraction of sp³-hybridized carbons (Fsp3) is 0.824. The van der Waals surface area contributed by atoms with Gasteiger partial charge in [0.2, 0.25) is 0 Å². The quantitative estimate of drug-likeness (QED) is 0.628. The van der Waals surface area contributed by atoms with Gasteiger partial charge in [-0.1, -0.05) is 13.0 Å². The standard InChI is InChI=1S/C17H26O4/c1-11(18)20-10-13-7-14(19)9-16(4)6-5-12-8-17(13,16)21-15(12,2)3/h7,12,14,19H,5-6,8-10H2,1-4H3/t12?,14-,16-,17+/m1/s1. The molecule has 1 heterocycles. The third-order valence-electron chi connectivity index (χ3n) is 5.98. The van der Waals surface area contributed by atoms with Crippen molar-refractivity contribution in [2.75, 3.05) is 6.61 Å². The monoisotopic (exact) mass is 294 g/mol. The molecule has 4 atom stereocenters. The van der Waals surface area contributed by atoms with Crippen molar-refractivity contribution in [1.29, 1.82) is 0 Å². The topological polar surface area (TPSA) is 55.8 Å². The summed E-state index contributed by atoms with van der Waals surface area (Å²) < 4.78 is 11.8. The van der Waals surface area contributed by atoms with Crippen molar-refractivity contribution < 1.29 is 19.4 Å². The summed E-state index contributed by atoms with van der Waals surface area (Å²) >= 11 is 0. The Morgan fingerprint density at radius 3 is 2.81 bits per heavy atom. The molecule has 1 spiro atoms. The van der Waals surface area contributed by atoms with Crippen LogP contribution in [-0.2, 0) is 14.3 Å². The van der Waals surface area contributed by atoms with E-state index in [1.54, 1.807) is 0 Å². The molecule has 2 aliphatic carbocycles. The number of aliphatic hydroxyl groups is 1. The zero-order valence-electron chi connectivity index (χ0n) is 13.4. The smallest absolute Gasteiger partial charge is 0.302 e. The highest BCUT2D eigenvalue weighted by atomic mass is 16.5. The molecule has 1 saturated carbocycles. The molecule has 118 valence electrons. The van der Waals surface area contributed by atoms with E-state index in [2.05, 4.69) is 20.8 Å². The summed E-state index contributed by atoms with van der Waals surface area (Å²) in [7, 11) is 0. The maximum absolute atomic E-state index is 11.2. The van der Waals surface area contributed by atoms with Crippen LogP contribution in [-0.4, -0.2) is 35.0 Å². The first-order valence-corrected chi connectivity index (χ1v) is 7.91. The summed E-state index contributed by atoms with van der Waals surface area (Å²) in [5.41, 5.74) is 0.332. The predicted octanol–water partition coefficient (Wildman–Crippen LogP) is 2.59. The molecule has 21 heavy (non-hydrogen) atoms. The largest absolute Gasteiger partial charge is 0.461 e. The second kappa shape index (κ2) is 4.56. The Labute approximate surface area is 126 Å². The molecule has 0 radical (unpaired) electrons. The number of carbonyl (C=O) groups is 1. The molecule has 0 aromatic carbocycles. The Kier molecular flexibility index (Phi) is 3.27. The zero-order valence-corrected chi connectivity index (χ0v) is 13.4. The molecule has 1 aliphatic heterocycles. The van der Waals surface area contributed by atoms with Gasteiger partial charge in [0, 0.05) is 12.3 Å². The minimum atomic E-state index is -0.477. The maximum Gasteiger partial charge on any atom is 0.302 e. The van der Waals surface area contributed by atoms with Gasteiger partial charge >= 0.3 is 5.97 Å². The Hall–Kier alpha value is -0.870. The molecule has 2 bridgehead atoms. The summed E-state index contributed by atoms with van der Waals surface area (Å²) in [5, 5.41) is 10.2. The highest BCUT2D eigenvalue weighted by Gasteiger charge is 2.65. The Morgan fingerprint density at radius 1 is 1.43 bits per heavy atom. The molecular formula is C17H26O4. The number of rotatable bonds is 2. The number of carbonyl (C=O) groups excluding carboxylic acids is 1. The second-order valence-corrected chi connectivity index (χ2v) is 7.78. The van der Waals surface area contributed by atoms with Crippen LogP contribution in [0.2, 0.25) is 0 Å². The SMILES string of the molecule is CC(=O)OCC1=C[C@@H](O)C[C@@]2(C)CCC3C[C@]12OC3(C)C. The van der Waals surface area contributed by atoms with Crippen molar-refractivity contribution in [1.82, 2.24) is 0 Å². The summed E-state index contributed by atoms with van der Waals surface area (Å²) in [4.78, 5) is 11.2. The minimum absolute atomic E-state index is 0.0824. The summed E-state index contributed by atoms with van der Waals surface area (Å²) in [5.74, 6) is 0.236. The van der Waals surface area contributed by atoms with Gasteiger partial charge in [0.15, 0.2) is 0 Å². The van der Waals surface area contributed by atoms with Crippen molar-refractivity contribution in [2.45, 2.75) is 70.7 Å². The van der Waals surface area contributed by atoms with Crippen LogP contribution < -0.4 is 0 Å². The van der Waals surface area contributed by atoms with Crippen molar-refractivity contribution in [2.24, 2.45) is 11.3 Å². The van der Waals surface area contributed by atoms with Gasteiger partial charge in [-0.05, 0) is 51.0 Å². The Balaban J connectivity index is 2.00. The van der Waals surface area contributed by atoms with Crippen LogP contribution >= 0.6 is 0 Å². The Bertz CT molecular complexity index is 495. The van der Waals surface area contributed by atoms with Crippen LogP contribution in [0.3, 0.4) is 0 Å². The molecule has 1 saturated heterocycles. The van der Waals surface area contributed by atoms with Crippen LogP contribution in [0.15, 0.2) is 11.6 Å². The van der Waals surface area contributed by atoms with Gasteiger partial charge in [-0.15, -0.1) is 0 Å². The molecule has 2 fully saturated rings. The van der Waals surface area contributed by atoms with Gasteiger partial charge in [0.05, 0.1) is 17.3 Å². The Morgan fingerprint density at radius 2 is 2.14 bits per heavy atom. The van der Waals surface area contributed by atoms with E-state index in [0.717, 1.165) is 31.3 Å². The van der Waals surface area contributed by atoms with Crippen LogP contribution in [0.5, 0.6) is 0 Å². The van der Waals surface area contributed by atoms with E-state index in [1.165, 1.54) is 6.92 Å². The van der Waals surface area contributed by atoms with E-state index in [0.29, 0.717) is 5.92 Å². The van der Waals surface area contributed by atoms with Gasteiger partial charge in [-0.2, -0.15) is 0 Å². The number of aliphatic hydroxyl groups excluding tert-OH is 1. The first kappa shape index (κ1) is 15.0. The van der Waals surface area contributed by atoms with Gasteiger partial charge < -0.3 is 14.6 Å². The molecule has 0 aromatic rings. The van der Waals surface area contributed by atoms with Gasteiger partial charge in [-0.3, -0.25) is 4.79 Å².